The highest BCUT2D eigenvalue weighted by molar-refractivity contribution is 5.71. The van der Waals surface area contributed by atoms with Gasteiger partial charge < -0.3 is 14.2 Å². The molecule has 0 aliphatic rings. The standard InChI is InChI=1S/C64H104O6/c1-4-7-10-13-16-19-22-25-28-30-32-34-36-39-42-45-48-51-54-57-63(66)69-60-61(59-68-62(65)56-53-50-47-44-41-38-27-24-21-18-15-12-9-6-3)70-64(67)58-55-52-49-46-43-40-37-35-33-31-29-26-23-20-17-14-11-8-5-2/h7,10,13,16-17,19-20,22-23,25-26,28,30,32,34,36,38-39,41-42,61H,4-6,8-9,11-12,14-15,18,21,24,27,29,31,33,35,37,40,43-60H2,1-3H3/b10-7-,16-13-,20-17-,22-19-,26-23-,28-25-,32-30+,36-34-,41-38-,42-39-. The van der Waals surface area contributed by atoms with Crippen LogP contribution >= 0.6 is 0 Å². The Bertz CT molecular complexity index is 1490. The van der Waals surface area contributed by atoms with E-state index in [9.17, 15) is 14.4 Å². The molecule has 0 aliphatic carbocycles. The van der Waals surface area contributed by atoms with Crippen molar-refractivity contribution in [2.24, 2.45) is 0 Å². The fourth-order valence-electron chi connectivity index (χ4n) is 7.59. The van der Waals surface area contributed by atoms with E-state index in [-0.39, 0.29) is 31.1 Å². The fourth-order valence-corrected chi connectivity index (χ4v) is 7.59. The van der Waals surface area contributed by atoms with Crippen LogP contribution in [0.25, 0.3) is 0 Å². The number of hydrogen-bond donors (Lipinski definition) is 0. The number of allylic oxidation sites excluding steroid dienone is 20. The minimum atomic E-state index is -0.809. The summed E-state index contributed by atoms with van der Waals surface area (Å²) in [5, 5.41) is 0. The maximum Gasteiger partial charge on any atom is 0.306 e. The molecule has 0 bridgehead atoms. The molecular weight excluding hydrogens is 865 g/mol. The molecule has 6 heteroatoms. The van der Waals surface area contributed by atoms with E-state index in [2.05, 4.69) is 69.4 Å². The number of rotatable bonds is 50. The summed E-state index contributed by atoms with van der Waals surface area (Å²) in [7, 11) is 0. The molecule has 0 aliphatic heterocycles. The van der Waals surface area contributed by atoms with Crippen molar-refractivity contribution in [2.45, 2.75) is 252 Å². The first-order valence-corrected chi connectivity index (χ1v) is 28.7. The predicted molar refractivity (Wildman–Crippen MR) is 302 cm³/mol. The van der Waals surface area contributed by atoms with E-state index in [1.165, 1.54) is 122 Å². The van der Waals surface area contributed by atoms with Gasteiger partial charge in [-0.3, -0.25) is 14.4 Å². The van der Waals surface area contributed by atoms with Gasteiger partial charge in [0, 0.05) is 19.3 Å². The maximum absolute atomic E-state index is 12.9. The maximum atomic E-state index is 12.9. The molecule has 0 radical (unpaired) electrons. The van der Waals surface area contributed by atoms with E-state index in [0.717, 1.165) is 83.5 Å². The molecule has 6 nitrogen and oxygen atoms in total. The summed E-state index contributed by atoms with van der Waals surface area (Å²) in [5.74, 6) is -0.970. The molecule has 70 heavy (non-hydrogen) atoms. The lowest BCUT2D eigenvalue weighted by Crippen LogP contribution is -2.30. The second-order valence-electron chi connectivity index (χ2n) is 18.7. The van der Waals surface area contributed by atoms with Gasteiger partial charge in [-0.2, -0.15) is 0 Å². The van der Waals surface area contributed by atoms with Crippen LogP contribution < -0.4 is 0 Å². The third-order valence-electron chi connectivity index (χ3n) is 11.9. The van der Waals surface area contributed by atoms with Crippen LogP contribution in [0.15, 0.2) is 122 Å². The van der Waals surface area contributed by atoms with Crippen molar-refractivity contribution in [2.75, 3.05) is 13.2 Å². The van der Waals surface area contributed by atoms with Gasteiger partial charge in [0.05, 0.1) is 0 Å². The molecule has 0 fully saturated rings. The fraction of sp³-hybridized carbons (Fsp3) is 0.641. The van der Waals surface area contributed by atoms with E-state index in [0.29, 0.717) is 19.3 Å². The SMILES string of the molecule is CC\C=C/C=C\C=C/C=C\C=C\C=C/C=C\CCCCCC(=O)OCC(COC(=O)CCCCC/C=C\CCCCCCCCC)OC(=O)CCCCCCCCCCCC/C=C\C=C/CCCCC. The Labute approximate surface area is 431 Å². The number of carbonyl (C=O) groups is 3. The second kappa shape index (κ2) is 57.4. The van der Waals surface area contributed by atoms with Crippen LogP contribution in [0.5, 0.6) is 0 Å². The van der Waals surface area contributed by atoms with Crippen LogP contribution in [0, 0.1) is 0 Å². The van der Waals surface area contributed by atoms with Gasteiger partial charge in [0.25, 0.3) is 0 Å². The molecule has 0 aromatic carbocycles. The monoisotopic (exact) mass is 969 g/mol. The van der Waals surface area contributed by atoms with Crippen molar-refractivity contribution in [1.29, 1.82) is 0 Å². The molecule has 0 N–H and O–H groups in total. The molecule has 0 aromatic rings. The Hall–Kier alpha value is -4.19. The molecule has 0 amide bonds. The summed E-state index contributed by atoms with van der Waals surface area (Å²) < 4.78 is 16.8. The minimum absolute atomic E-state index is 0.105. The van der Waals surface area contributed by atoms with Gasteiger partial charge in [0.15, 0.2) is 6.10 Å². The van der Waals surface area contributed by atoms with Gasteiger partial charge in [0.1, 0.15) is 13.2 Å². The largest absolute Gasteiger partial charge is 0.462 e. The summed E-state index contributed by atoms with van der Waals surface area (Å²) in [5.41, 5.74) is 0. The zero-order chi connectivity index (χ0) is 50.7. The highest BCUT2D eigenvalue weighted by Gasteiger charge is 2.19. The van der Waals surface area contributed by atoms with E-state index in [4.69, 9.17) is 14.2 Å². The van der Waals surface area contributed by atoms with Gasteiger partial charge in [-0.1, -0.05) is 258 Å². The third kappa shape index (κ3) is 54.7. The minimum Gasteiger partial charge on any atom is -0.462 e. The third-order valence-corrected chi connectivity index (χ3v) is 11.9. The predicted octanol–water partition coefficient (Wildman–Crippen LogP) is 19.3. The van der Waals surface area contributed by atoms with Gasteiger partial charge in [-0.25, -0.2) is 0 Å². The first kappa shape index (κ1) is 65.8. The number of hydrogen-bond acceptors (Lipinski definition) is 6. The molecule has 396 valence electrons. The number of esters is 3. The van der Waals surface area contributed by atoms with Crippen molar-refractivity contribution < 1.29 is 28.6 Å². The van der Waals surface area contributed by atoms with Crippen LogP contribution in [0.2, 0.25) is 0 Å². The summed E-state index contributed by atoms with van der Waals surface area (Å²) in [6.07, 6.45) is 78.9. The first-order chi connectivity index (χ1) is 34.5. The summed E-state index contributed by atoms with van der Waals surface area (Å²) in [6, 6.07) is 0. The zero-order valence-electron chi connectivity index (χ0n) is 45.2. The smallest absolute Gasteiger partial charge is 0.306 e. The summed E-state index contributed by atoms with van der Waals surface area (Å²) >= 11 is 0. The Morgan fingerprint density at radius 3 is 0.971 bits per heavy atom. The average Bonchev–Trinajstić information content (AvgIpc) is 3.36. The molecule has 0 rings (SSSR count). The molecule has 0 heterocycles. The van der Waals surface area contributed by atoms with E-state index < -0.39 is 6.10 Å². The van der Waals surface area contributed by atoms with Crippen molar-refractivity contribution in [1.82, 2.24) is 0 Å². The average molecular weight is 970 g/mol. The lowest BCUT2D eigenvalue weighted by atomic mass is 10.1. The van der Waals surface area contributed by atoms with Crippen LogP contribution in [0.1, 0.15) is 245 Å². The van der Waals surface area contributed by atoms with Crippen molar-refractivity contribution in [3.8, 4) is 0 Å². The van der Waals surface area contributed by atoms with Gasteiger partial charge in [-0.05, 0) is 89.9 Å². The van der Waals surface area contributed by atoms with Crippen molar-refractivity contribution >= 4 is 17.9 Å². The van der Waals surface area contributed by atoms with Crippen LogP contribution in [0.4, 0.5) is 0 Å². The Morgan fingerprint density at radius 2 is 0.571 bits per heavy atom. The van der Waals surface area contributed by atoms with Gasteiger partial charge in [0.2, 0.25) is 0 Å². The van der Waals surface area contributed by atoms with E-state index >= 15 is 0 Å². The number of carbonyl (C=O) groups excluding carboxylic acids is 3. The van der Waals surface area contributed by atoms with Crippen LogP contribution in [-0.4, -0.2) is 37.2 Å². The number of unbranched alkanes of at least 4 members (excludes halogenated alkanes) is 26. The molecular formula is C64H104O6. The highest BCUT2D eigenvalue weighted by Crippen LogP contribution is 2.15. The molecule has 0 spiro atoms. The van der Waals surface area contributed by atoms with Crippen LogP contribution in [0.3, 0.4) is 0 Å². The van der Waals surface area contributed by atoms with Crippen LogP contribution in [-0.2, 0) is 28.6 Å². The molecule has 0 saturated carbocycles. The first-order valence-electron chi connectivity index (χ1n) is 28.7. The molecule has 1 atom stereocenters. The Kier molecular flexibility index (Phi) is 54.0. The number of ether oxygens (including phenoxy) is 3. The van der Waals surface area contributed by atoms with Crippen molar-refractivity contribution in [3.05, 3.63) is 122 Å². The lowest BCUT2D eigenvalue weighted by Gasteiger charge is -2.18. The van der Waals surface area contributed by atoms with Crippen molar-refractivity contribution in [3.63, 3.8) is 0 Å². The zero-order valence-corrected chi connectivity index (χ0v) is 45.2. The van der Waals surface area contributed by atoms with Gasteiger partial charge >= 0.3 is 17.9 Å². The topological polar surface area (TPSA) is 78.9 Å². The quantitative estimate of drug-likeness (QED) is 0.0199. The summed E-state index contributed by atoms with van der Waals surface area (Å²) in [4.78, 5) is 38.2. The molecule has 1 unspecified atom stereocenters. The normalized spacial score (nSPS) is 13.0. The Balaban J connectivity index is 4.52. The molecule has 0 saturated heterocycles. The second-order valence-corrected chi connectivity index (χ2v) is 18.7. The lowest BCUT2D eigenvalue weighted by molar-refractivity contribution is -0.167. The highest BCUT2D eigenvalue weighted by atomic mass is 16.6. The molecule has 0 aromatic heterocycles. The van der Waals surface area contributed by atoms with Gasteiger partial charge in [-0.15, -0.1) is 0 Å². The van der Waals surface area contributed by atoms with E-state index in [1.807, 2.05) is 72.9 Å². The van der Waals surface area contributed by atoms with E-state index in [1.54, 1.807) is 0 Å². The summed E-state index contributed by atoms with van der Waals surface area (Å²) in [6.45, 7) is 6.41. The Morgan fingerprint density at radius 1 is 0.300 bits per heavy atom.